The van der Waals surface area contributed by atoms with E-state index in [2.05, 4.69) is 29.4 Å². The molecule has 0 aliphatic heterocycles. The van der Waals surface area contributed by atoms with Gasteiger partial charge in [0, 0.05) is 6.08 Å². The van der Waals surface area contributed by atoms with E-state index < -0.39 is 0 Å². The van der Waals surface area contributed by atoms with Gasteiger partial charge in [-0.2, -0.15) is 0 Å². The van der Waals surface area contributed by atoms with Crippen molar-refractivity contribution in [3.8, 4) is 0 Å². The molecule has 0 heterocycles. The summed E-state index contributed by atoms with van der Waals surface area (Å²) in [5.74, 6) is -0.367. The molecule has 0 aliphatic rings. The Morgan fingerprint density at radius 1 is 1.67 bits per heavy atom. The Balaban J connectivity index is 3.38. The van der Waals surface area contributed by atoms with E-state index >= 15 is 0 Å². The molecule has 0 aliphatic carbocycles. The van der Waals surface area contributed by atoms with Crippen LogP contribution in [0.2, 0.25) is 0 Å². The van der Waals surface area contributed by atoms with Crippen LogP contribution in [0.5, 0.6) is 0 Å². The molecule has 1 unspecified atom stereocenters. The molecule has 70 valence electrons. The van der Waals surface area contributed by atoms with Crippen molar-refractivity contribution in [3.63, 3.8) is 0 Å². The first-order valence-electron chi connectivity index (χ1n) is 4.17. The summed E-state index contributed by atoms with van der Waals surface area (Å²) >= 11 is 3.26. The van der Waals surface area contributed by atoms with Gasteiger partial charge in [0.15, 0.2) is 5.01 Å². The SMILES string of the molecule is C=CC(=O)OC(Br)CCCCC. The topological polar surface area (TPSA) is 26.3 Å². The lowest BCUT2D eigenvalue weighted by molar-refractivity contribution is -0.139. The highest BCUT2D eigenvalue weighted by molar-refractivity contribution is 9.09. The summed E-state index contributed by atoms with van der Waals surface area (Å²) in [6.45, 7) is 5.45. The molecule has 0 aromatic carbocycles. The molecule has 2 nitrogen and oxygen atoms in total. The number of ether oxygens (including phenoxy) is 1. The molecule has 0 rings (SSSR count). The fourth-order valence-corrected chi connectivity index (χ4v) is 1.30. The molecule has 0 fully saturated rings. The van der Waals surface area contributed by atoms with Gasteiger partial charge in [0.25, 0.3) is 0 Å². The van der Waals surface area contributed by atoms with Crippen molar-refractivity contribution in [3.05, 3.63) is 12.7 Å². The molecular formula is C9H15BrO2. The van der Waals surface area contributed by atoms with Crippen LogP contribution in [0.1, 0.15) is 32.6 Å². The lowest BCUT2D eigenvalue weighted by atomic mass is 10.2. The van der Waals surface area contributed by atoms with Gasteiger partial charge in [-0.15, -0.1) is 0 Å². The van der Waals surface area contributed by atoms with Crippen LogP contribution in [0, 0.1) is 0 Å². The second-order valence-corrected chi connectivity index (χ2v) is 3.57. The molecule has 12 heavy (non-hydrogen) atoms. The van der Waals surface area contributed by atoms with E-state index in [-0.39, 0.29) is 11.0 Å². The van der Waals surface area contributed by atoms with Gasteiger partial charge >= 0.3 is 5.97 Å². The van der Waals surface area contributed by atoms with Gasteiger partial charge in [0.2, 0.25) is 0 Å². The molecule has 0 bridgehead atoms. The molecule has 0 spiro atoms. The third-order valence-corrected chi connectivity index (χ3v) is 2.09. The number of unbranched alkanes of at least 4 members (excludes halogenated alkanes) is 2. The molecule has 0 saturated heterocycles. The Morgan fingerprint density at radius 2 is 2.33 bits per heavy atom. The molecule has 0 N–H and O–H groups in total. The van der Waals surface area contributed by atoms with E-state index in [1.54, 1.807) is 0 Å². The summed E-state index contributed by atoms with van der Waals surface area (Å²) in [6.07, 6.45) is 5.47. The predicted octanol–water partition coefficient (Wildman–Crippen LogP) is 3.02. The number of alkyl halides is 1. The number of carbonyl (C=O) groups is 1. The van der Waals surface area contributed by atoms with Crippen molar-refractivity contribution < 1.29 is 9.53 Å². The number of rotatable bonds is 6. The zero-order valence-corrected chi connectivity index (χ0v) is 8.97. The van der Waals surface area contributed by atoms with Gasteiger partial charge in [-0.3, -0.25) is 0 Å². The highest BCUT2D eigenvalue weighted by Gasteiger charge is 2.06. The van der Waals surface area contributed by atoms with Crippen LogP contribution in [0.3, 0.4) is 0 Å². The Hall–Kier alpha value is -0.310. The monoisotopic (exact) mass is 234 g/mol. The van der Waals surface area contributed by atoms with Gasteiger partial charge in [0.1, 0.15) is 0 Å². The quantitative estimate of drug-likeness (QED) is 0.306. The molecule has 0 aromatic rings. The minimum atomic E-state index is -0.367. The van der Waals surface area contributed by atoms with Gasteiger partial charge < -0.3 is 4.74 Å². The Bertz CT molecular complexity index is 145. The average molecular weight is 235 g/mol. The third-order valence-electron chi connectivity index (χ3n) is 1.45. The average Bonchev–Trinajstić information content (AvgIpc) is 2.05. The van der Waals surface area contributed by atoms with Crippen LogP contribution < -0.4 is 0 Å². The Morgan fingerprint density at radius 3 is 2.83 bits per heavy atom. The molecular weight excluding hydrogens is 220 g/mol. The van der Waals surface area contributed by atoms with Crippen molar-refractivity contribution in [2.75, 3.05) is 0 Å². The van der Waals surface area contributed by atoms with E-state index in [1.807, 2.05) is 0 Å². The minimum absolute atomic E-state index is 0.158. The first-order chi connectivity index (χ1) is 5.70. The molecule has 0 aromatic heterocycles. The van der Waals surface area contributed by atoms with Crippen molar-refractivity contribution in [2.45, 2.75) is 37.6 Å². The van der Waals surface area contributed by atoms with Crippen LogP contribution >= 0.6 is 15.9 Å². The second kappa shape index (κ2) is 7.35. The summed E-state index contributed by atoms with van der Waals surface area (Å²) in [5.41, 5.74) is 0. The number of hydrogen-bond acceptors (Lipinski definition) is 2. The maximum Gasteiger partial charge on any atom is 0.331 e. The third kappa shape index (κ3) is 6.40. The maximum absolute atomic E-state index is 10.7. The largest absolute Gasteiger partial charge is 0.448 e. The molecule has 0 amide bonds. The molecule has 0 radical (unpaired) electrons. The fourth-order valence-electron chi connectivity index (χ4n) is 0.788. The molecule has 1 atom stereocenters. The van der Waals surface area contributed by atoms with E-state index in [4.69, 9.17) is 4.74 Å². The standard InChI is InChI=1S/C9H15BrO2/c1-3-5-6-7-8(10)12-9(11)4-2/h4,8H,2-3,5-7H2,1H3. The van der Waals surface area contributed by atoms with Crippen LogP contribution in [-0.4, -0.2) is 11.0 Å². The number of carbonyl (C=O) groups excluding carboxylic acids is 1. The highest BCUT2D eigenvalue weighted by Crippen LogP contribution is 2.12. The zero-order valence-electron chi connectivity index (χ0n) is 7.38. The van der Waals surface area contributed by atoms with Crippen LogP contribution in [0.25, 0.3) is 0 Å². The first kappa shape index (κ1) is 11.7. The summed E-state index contributed by atoms with van der Waals surface area (Å²) < 4.78 is 4.91. The van der Waals surface area contributed by atoms with E-state index in [9.17, 15) is 4.79 Å². The lowest BCUT2D eigenvalue weighted by Crippen LogP contribution is -2.09. The summed E-state index contributed by atoms with van der Waals surface area (Å²) in [5, 5.41) is -0.158. The Labute approximate surface area is 82.1 Å². The smallest absolute Gasteiger partial charge is 0.331 e. The van der Waals surface area contributed by atoms with Crippen LogP contribution in [0.4, 0.5) is 0 Å². The number of halogens is 1. The van der Waals surface area contributed by atoms with Crippen LogP contribution in [0.15, 0.2) is 12.7 Å². The van der Waals surface area contributed by atoms with Crippen molar-refractivity contribution in [2.24, 2.45) is 0 Å². The second-order valence-electron chi connectivity index (χ2n) is 2.55. The summed E-state index contributed by atoms with van der Waals surface area (Å²) in [6, 6.07) is 0. The molecule has 3 heteroatoms. The fraction of sp³-hybridized carbons (Fsp3) is 0.667. The van der Waals surface area contributed by atoms with Crippen molar-refractivity contribution in [1.29, 1.82) is 0 Å². The Kier molecular flexibility index (Phi) is 7.16. The minimum Gasteiger partial charge on any atom is -0.448 e. The normalized spacial score (nSPS) is 12.2. The summed E-state index contributed by atoms with van der Waals surface area (Å²) in [7, 11) is 0. The van der Waals surface area contributed by atoms with E-state index in [0.29, 0.717) is 0 Å². The van der Waals surface area contributed by atoms with Crippen molar-refractivity contribution in [1.82, 2.24) is 0 Å². The number of hydrogen-bond donors (Lipinski definition) is 0. The van der Waals surface area contributed by atoms with Gasteiger partial charge in [0.05, 0.1) is 0 Å². The van der Waals surface area contributed by atoms with Gasteiger partial charge in [-0.05, 0) is 28.8 Å². The molecule has 0 saturated carbocycles. The number of esters is 1. The van der Waals surface area contributed by atoms with Crippen molar-refractivity contribution >= 4 is 21.9 Å². The van der Waals surface area contributed by atoms with Crippen LogP contribution in [-0.2, 0) is 9.53 Å². The highest BCUT2D eigenvalue weighted by atomic mass is 79.9. The van der Waals surface area contributed by atoms with E-state index in [0.717, 1.165) is 12.8 Å². The first-order valence-corrected chi connectivity index (χ1v) is 5.09. The lowest BCUT2D eigenvalue weighted by Gasteiger charge is -2.08. The predicted molar refractivity (Wildman–Crippen MR) is 53.1 cm³/mol. The summed E-state index contributed by atoms with van der Waals surface area (Å²) in [4.78, 5) is 10.7. The van der Waals surface area contributed by atoms with E-state index in [1.165, 1.54) is 18.9 Å². The van der Waals surface area contributed by atoms with Gasteiger partial charge in [-0.25, -0.2) is 4.79 Å². The maximum atomic E-state index is 10.7. The van der Waals surface area contributed by atoms with Gasteiger partial charge in [-0.1, -0.05) is 26.3 Å². The zero-order chi connectivity index (χ0) is 9.40.